The smallest absolute Gasteiger partial charge is 0.249 e. The van der Waals surface area contributed by atoms with Gasteiger partial charge in [0.1, 0.15) is 16.6 Å². The van der Waals surface area contributed by atoms with Crippen LogP contribution >= 0.6 is 0 Å². The molecule has 0 aliphatic rings. The van der Waals surface area contributed by atoms with Crippen molar-refractivity contribution in [3.05, 3.63) is 72.8 Å². The van der Waals surface area contributed by atoms with E-state index in [0.29, 0.717) is 4.90 Å². The van der Waals surface area contributed by atoms with Crippen LogP contribution < -0.4 is 5.11 Å². The lowest BCUT2D eigenvalue weighted by Crippen LogP contribution is -2.17. The first-order valence-corrected chi connectivity index (χ1v) is 8.62. The van der Waals surface area contributed by atoms with E-state index in [9.17, 15) is 15.3 Å². The summed E-state index contributed by atoms with van der Waals surface area (Å²) in [7, 11) is -0.657. The Hall–Kier alpha value is -3.32. The lowest BCUT2D eigenvalue weighted by atomic mass is 10.3. The summed E-state index contributed by atoms with van der Waals surface area (Å²) in [5.74, 6) is -0.398. The van der Waals surface area contributed by atoms with E-state index in [1.54, 1.807) is 0 Å². The number of phenols is 3. The third-order valence-corrected chi connectivity index (χ3v) is 5.51. The second-order valence-corrected chi connectivity index (χ2v) is 6.97. The van der Waals surface area contributed by atoms with Crippen molar-refractivity contribution in [1.29, 1.82) is 0 Å². The molecule has 3 rings (SSSR count). The van der Waals surface area contributed by atoms with Crippen LogP contribution in [0.3, 0.4) is 0 Å². The van der Waals surface area contributed by atoms with Gasteiger partial charge in [-0.05, 0) is 24.3 Å². The molecular formula is C19H16O6S. The summed E-state index contributed by atoms with van der Waals surface area (Å²) in [6, 6.07) is 21.9. The number of aromatic hydroxyl groups is 3. The van der Waals surface area contributed by atoms with Crippen LogP contribution in [-0.2, 0) is 10.9 Å². The Morgan fingerprint density at radius 3 is 1.46 bits per heavy atom. The highest BCUT2D eigenvalue weighted by Gasteiger charge is 2.35. The largest absolute Gasteiger partial charge is 0.565 e. The van der Waals surface area contributed by atoms with Gasteiger partial charge < -0.3 is 30.3 Å². The Kier molecular flexibility index (Phi) is 6.35. The lowest BCUT2D eigenvalue weighted by Gasteiger charge is -2.11. The molecule has 0 spiro atoms. The van der Waals surface area contributed by atoms with Crippen LogP contribution in [0.4, 0.5) is 4.79 Å². The molecule has 134 valence electrons. The minimum Gasteiger partial charge on any atom is -0.565 e. The maximum absolute atomic E-state index is 10.3. The van der Waals surface area contributed by atoms with Gasteiger partial charge in [-0.3, -0.25) is 0 Å². The van der Waals surface area contributed by atoms with Gasteiger partial charge in [0.25, 0.3) is 0 Å². The summed E-state index contributed by atoms with van der Waals surface area (Å²) in [5.41, 5.74) is 0. The second-order valence-electron chi connectivity index (χ2n) is 5.01. The Balaban J connectivity index is 0.000000552. The molecule has 0 unspecified atom stereocenters. The number of carboxylic acid groups (broad SMARTS) is 2. The van der Waals surface area contributed by atoms with Crippen molar-refractivity contribution in [3.8, 4) is 17.2 Å². The van der Waals surface area contributed by atoms with Gasteiger partial charge in [0.15, 0.2) is 21.3 Å². The molecule has 26 heavy (non-hydrogen) atoms. The molecule has 0 heterocycles. The standard InChI is InChI=1S/C18H14O3S.CH2O3/c19-13-11-16(20)18(17(21)12-13)22(14-7-3-1-4-8-14)15-9-5-2-6-10-15;2-1(3)4/h1-12H,(H2-,19,20,21);(H2,2,3,4). The van der Waals surface area contributed by atoms with E-state index in [-0.39, 0.29) is 17.2 Å². The van der Waals surface area contributed by atoms with Gasteiger partial charge in [0, 0.05) is 12.1 Å². The fourth-order valence-corrected chi connectivity index (χ4v) is 4.42. The monoisotopic (exact) mass is 372 g/mol. The quantitative estimate of drug-likeness (QED) is 0.525. The Morgan fingerprint density at radius 2 is 1.12 bits per heavy atom. The number of phenolic OH excluding ortho intramolecular Hbond substituents is 3. The third kappa shape index (κ3) is 4.84. The van der Waals surface area contributed by atoms with Crippen LogP contribution in [0.2, 0.25) is 0 Å². The average Bonchev–Trinajstić information content (AvgIpc) is 2.59. The molecule has 0 saturated carbocycles. The summed E-state index contributed by atoms with van der Waals surface area (Å²) in [5, 5.41) is 45.3. The van der Waals surface area contributed by atoms with Gasteiger partial charge in [0.2, 0.25) is 11.1 Å². The fraction of sp³-hybridized carbons (Fsp3) is 0. The molecule has 0 saturated heterocycles. The minimum absolute atomic E-state index is 0.117. The van der Waals surface area contributed by atoms with Crippen LogP contribution in [0.25, 0.3) is 0 Å². The Labute approximate surface area is 152 Å². The van der Waals surface area contributed by atoms with Crippen molar-refractivity contribution >= 4 is 17.1 Å². The molecule has 0 aliphatic carbocycles. The summed E-state index contributed by atoms with van der Waals surface area (Å²) in [4.78, 5) is 10.8. The average molecular weight is 372 g/mol. The topological polar surface area (TPSA) is 121 Å². The van der Waals surface area contributed by atoms with Gasteiger partial charge in [-0.15, -0.1) is 0 Å². The van der Waals surface area contributed by atoms with Crippen molar-refractivity contribution in [2.45, 2.75) is 14.7 Å². The molecule has 3 aromatic carbocycles. The van der Waals surface area contributed by atoms with E-state index in [0.717, 1.165) is 9.79 Å². The second kappa shape index (κ2) is 8.68. The van der Waals surface area contributed by atoms with Crippen LogP contribution in [-0.4, -0.2) is 26.6 Å². The molecule has 0 aromatic heterocycles. The first kappa shape index (κ1) is 19.0. The van der Waals surface area contributed by atoms with E-state index in [4.69, 9.17) is 15.0 Å². The van der Waals surface area contributed by atoms with Gasteiger partial charge in [-0.1, -0.05) is 36.4 Å². The van der Waals surface area contributed by atoms with E-state index in [1.165, 1.54) is 12.1 Å². The fourth-order valence-electron chi connectivity index (χ4n) is 2.28. The molecule has 0 bridgehead atoms. The van der Waals surface area contributed by atoms with Gasteiger partial charge in [-0.25, -0.2) is 0 Å². The zero-order valence-electron chi connectivity index (χ0n) is 13.4. The molecule has 3 aromatic rings. The normalized spacial score (nSPS) is 10.0. The maximum atomic E-state index is 10.3. The first-order chi connectivity index (χ1) is 12.4. The van der Waals surface area contributed by atoms with Crippen molar-refractivity contribution in [2.24, 2.45) is 0 Å². The van der Waals surface area contributed by atoms with Crippen LogP contribution in [0.5, 0.6) is 17.2 Å². The molecule has 0 atom stereocenters. The van der Waals surface area contributed by atoms with Crippen molar-refractivity contribution in [1.82, 2.24) is 0 Å². The Bertz CT molecular complexity index is 801. The van der Waals surface area contributed by atoms with Gasteiger partial charge >= 0.3 is 0 Å². The highest BCUT2D eigenvalue weighted by Crippen LogP contribution is 2.43. The van der Waals surface area contributed by atoms with E-state index >= 15 is 0 Å². The third-order valence-electron chi connectivity index (χ3n) is 3.20. The van der Waals surface area contributed by atoms with E-state index in [1.807, 2.05) is 60.7 Å². The van der Waals surface area contributed by atoms with Crippen molar-refractivity contribution in [2.75, 3.05) is 0 Å². The molecule has 0 radical (unpaired) electrons. The molecule has 0 amide bonds. The zero-order chi connectivity index (χ0) is 19.1. The number of rotatable bonds is 3. The zero-order valence-corrected chi connectivity index (χ0v) is 14.3. The van der Waals surface area contributed by atoms with Crippen LogP contribution in [0.15, 0.2) is 87.5 Å². The van der Waals surface area contributed by atoms with Crippen molar-refractivity contribution in [3.63, 3.8) is 0 Å². The summed E-state index contributed by atoms with van der Waals surface area (Å²) < 4.78 is 0. The molecule has 6 nitrogen and oxygen atoms in total. The predicted molar refractivity (Wildman–Crippen MR) is 94.5 cm³/mol. The number of carbonyl (C=O) groups is 1. The molecular weight excluding hydrogens is 356 g/mol. The summed E-state index contributed by atoms with van der Waals surface area (Å²) in [6.45, 7) is 0. The minimum atomic E-state index is -2.08. The molecule has 7 heteroatoms. The number of benzene rings is 3. The highest BCUT2D eigenvalue weighted by molar-refractivity contribution is 7.97. The first-order valence-electron chi connectivity index (χ1n) is 7.39. The summed E-state index contributed by atoms with van der Waals surface area (Å²) in [6.07, 6.45) is -2.08. The molecule has 4 N–H and O–H groups in total. The van der Waals surface area contributed by atoms with Gasteiger partial charge in [-0.2, -0.15) is 0 Å². The predicted octanol–water partition coefficient (Wildman–Crippen LogP) is 2.79. The lowest BCUT2D eigenvalue weighted by molar-refractivity contribution is -0.275. The number of hydrogen-bond acceptors (Lipinski definition) is 5. The summed E-state index contributed by atoms with van der Waals surface area (Å²) >= 11 is 0. The SMILES string of the molecule is O=C([O-])O.Oc1cc(O)c([S+](c2ccccc2)c2ccccc2)c(O)c1. The number of hydrogen-bond donors (Lipinski definition) is 4. The molecule has 0 aliphatic heterocycles. The van der Waals surface area contributed by atoms with E-state index < -0.39 is 17.1 Å². The molecule has 0 fully saturated rings. The van der Waals surface area contributed by atoms with E-state index in [2.05, 4.69) is 0 Å². The van der Waals surface area contributed by atoms with Crippen LogP contribution in [0, 0.1) is 0 Å². The highest BCUT2D eigenvalue weighted by atomic mass is 32.2. The van der Waals surface area contributed by atoms with Crippen LogP contribution in [0.1, 0.15) is 0 Å². The Morgan fingerprint density at radius 1 is 0.769 bits per heavy atom. The van der Waals surface area contributed by atoms with Crippen molar-refractivity contribution < 1.29 is 30.3 Å². The maximum Gasteiger partial charge on any atom is 0.249 e. The van der Waals surface area contributed by atoms with Gasteiger partial charge in [0.05, 0.1) is 0 Å².